The Morgan fingerprint density at radius 1 is 1.41 bits per heavy atom. The van der Waals surface area contributed by atoms with Crippen molar-refractivity contribution in [3.8, 4) is 0 Å². The Morgan fingerprint density at radius 3 is 2.65 bits per heavy atom. The number of rotatable bonds is 5. The first-order valence-electron chi connectivity index (χ1n) is 4.94. The molecule has 0 spiro atoms. The summed E-state index contributed by atoms with van der Waals surface area (Å²) in [6.45, 7) is -0.288. The topological polar surface area (TPSA) is 86.6 Å². The zero-order chi connectivity index (χ0) is 12.8. The molecule has 1 aromatic carbocycles. The highest BCUT2D eigenvalue weighted by atomic mass is 127. The number of benzene rings is 1. The molecule has 0 radical (unpaired) electrons. The molecular weight excluding hydrogens is 337 g/mol. The number of hydrogen-bond acceptors (Lipinski definition) is 3. The van der Waals surface area contributed by atoms with Crippen molar-refractivity contribution >= 4 is 34.5 Å². The number of aliphatic carboxylic acids is 1. The first kappa shape index (κ1) is 13.9. The minimum absolute atomic E-state index is 0.00893. The summed E-state index contributed by atoms with van der Waals surface area (Å²) in [6.07, 6.45) is -0.00893. The van der Waals surface area contributed by atoms with Crippen molar-refractivity contribution in [2.45, 2.75) is 12.5 Å². The van der Waals surface area contributed by atoms with Crippen LogP contribution in [-0.4, -0.2) is 34.7 Å². The average Bonchev–Trinajstić information content (AvgIpc) is 2.28. The third kappa shape index (κ3) is 4.31. The Balaban J connectivity index is 2.73. The summed E-state index contributed by atoms with van der Waals surface area (Å²) >= 11 is 2.07. The summed E-state index contributed by atoms with van der Waals surface area (Å²) in [7, 11) is 0. The predicted octanol–water partition coefficient (Wildman–Crippen LogP) is 0.857. The highest BCUT2D eigenvalue weighted by molar-refractivity contribution is 14.1. The van der Waals surface area contributed by atoms with Crippen LogP contribution in [0.3, 0.4) is 0 Å². The van der Waals surface area contributed by atoms with E-state index >= 15 is 0 Å². The second-order valence-electron chi connectivity index (χ2n) is 3.39. The predicted molar refractivity (Wildman–Crippen MR) is 69.8 cm³/mol. The van der Waals surface area contributed by atoms with Crippen molar-refractivity contribution in [2.75, 3.05) is 6.61 Å². The van der Waals surface area contributed by atoms with Crippen molar-refractivity contribution in [3.63, 3.8) is 0 Å². The highest BCUT2D eigenvalue weighted by Gasteiger charge is 2.19. The molecule has 1 unspecified atom stereocenters. The summed E-state index contributed by atoms with van der Waals surface area (Å²) in [4.78, 5) is 22.5. The van der Waals surface area contributed by atoms with Gasteiger partial charge < -0.3 is 15.5 Å². The van der Waals surface area contributed by atoms with Crippen molar-refractivity contribution in [2.24, 2.45) is 0 Å². The third-order valence-corrected chi connectivity index (χ3v) is 2.78. The maximum Gasteiger partial charge on any atom is 0.326 e. The van der Waals surface area contributed by atoms with E-state index in [0.717, 1.165) is 3.57 Å². The first-order valence-corrected chi connectivity index (χ1v) is 6.02. The van der Waals surface area contributed by atoms with E-state index in [-0.39, 0.29) is 13.0 Å². The summed E-state index contributed by atoms with van der Waals surface area (Å²) < 4.78 is 0.893. The number of carboxylic acid groups (broad SMARTS) is 1. The Bertz CT molecular complexity index is 422. The van der Waals surface area contributed by atoms with Gasteiger partial charge in [-0.25, -0.2) is 4.79 Å². The maximum atomic E-state index is 11.7. The van der Waals surface area contributed by atoms with Gasteiger partial charge in [-0.2, -0.15) is 0 Å². The number of aliphatic hydroxyl groups is 1. The van der Waals surface area contributed by atoms with Crippen molar-refractivity contribution in [1.29, 1.82) is 0 Å². The normalized spacial score (nSPS) is 11.9. The lowest BCUT2D eigenvalue weighted by Crippen LogP contribution is -2.41. The van der Waals surface area contributed by atoms with E-state index in [1.807, 2.05) is 6.07 Å². The fourth-order valence-electron chi connectivity index (χ4n) is 1.26. The van der Waals surface area contributed by atoms with Crippen molar-refractivity contribution in [3.05, 3.63) is 33.4 Å². The molecule has 0 aliphatic rings. The molecule has 0 bridgehead atoms. The molecule has 6 heteroatoms. The number of carbonyl (C=O) groups is 2. The van der Waals surface area contributed by atoms with Crippen LogP contribution < -0.4 is 5.32 Å². The van der Waals surface area contributed by atoms with Crippen LogP contribution in [-0.2, 0) is 4.79 Å². The van der Waals surface area contributed by atoms with E-state index in [9.17, 15) is 9.59 Å². The average molecular weight is 349 g/mol. The number of hydrogen-bond donors (Lipinski definition) is 3. The fraction of sp³-hybridized carbons (Fsp3) is 0.273. The molecule has 1 atom stereocenters. The number of carbonyl (C=O) groups excluding carboxylic acids is 1. The second-order valence-corrected chi connectivity index (χ2v) is 4.63. The minimum atomic E-state index is -1.15. The van der Waals surface area contributed by atoms with Crippen LogP contribution >= 0.6 is 22.6 Å². The van der Waals surface area contributed by atoms with Gasteiger partial charge in [-0.15, -0.1) is 0 Å². The molecule has 1 amide bonds. The molecule has 1 rings (SSSR count). The Labute approximate surface area is 112 Å². The summed E-state index contributed by atoms with van der Waals surface area (Å²) in [5.74, 6) is -1.61. The van der Waals surface area contributed by atoms with Gasteiger partial charge in [-0.1, -0.05) is 6.07 Å². The Morgan fingerprint density at radius 2 is 2.12 bits per heavy atom. The largest absolute Gasteiger partial charge is 0.480 e. The first-order chi connectivity index (χ1) is 8.04. The molecule has 0 heterocycles. The number of aliphatic hydroxyl groups excluding tert-OH is 1. The van der Waals surface area contributed by atoms with Gasteiger partial charge >= 0.3 is 5.97 Å². The SMILES string of the molecule is O=C(NC(CCO)C(=O)O)c1cccc(I)c1. The standard InChI is InChI=1S/C11H12INO4/c12-8-3-1-2-7(6-8)10(15)13-9(4-5-14)11(16)17/h1-3,6,9,14H,4-5H2,(H,13,15)(H,16,17). The molecule has 1 aromatic rings. The van der Waals surface area contributed by atoms with Crippen LogP contribution in [0.4, 0.5) is 0 Å². The number of halogens is 1. The van der Waals surface area contributed by atoms with Gasteiger partial charge in [-0.3, -0.25) is 4.79 Å². The van der Waals surface area contributed by atoms with Crippen LogP contribution in [0.2, 0.25) is 0 Å². The lowest BCUT2D eigenvalue weighted by Gasteiger charge is -2.13. The number of nitrogens with one attached hydrogen (secondary N) is 1. The lowest BCUT2D eigenvalue weighted by molar-refractivity contribution is -0.139. The van der Waals surface area contributed by atoms with Gasteiger partial charge in [0.15, 0.2) is 0 Å². The number of carboxylic acids is 1. The molecular formula is C11H12INO4. The zero-order valence-electron chi connectivity index (χ0n) is 8.89. The van der Waals surface area contributed by atoms with E-state index in [1.54, 1.807) is 18.2 Å². The second kappa shape index (κ2) is 6.55. The van der Waals surface area contributed by atoms with Crippen LogP contribution in [0.5, 0.6) is 0 Å². The third-order valence-electron chi connectivity index (χ3n) is 2.11. The van der Waals surface area contributed by atoms with E-state index in [0.29, 0.717) is 5.56 Å². The molecule has 0 saturated carbocycles. The van der Waals surface area contributed by atoms with Crippen LogP contribution in [0.15, 0.2) is 24.3 Å². The van der Waals surface area contributed by atoms with Gasteiger partial charge in [0.2, 0.25) is 0 Å². The van der Waals surface area contributed by atoms with Crippen LogP contribution in [0, 0.1) is 3.57 Å². The van der Waals surface area contributed by atoms with Crippen LogP contribution in [0.25, 0.3) is 0 Å². The van der Waals surface area contributed by atoms with Gasteiger partial charge in [0.05, 0.1) is 0 Å². The lowest BCUT2D eigenvalue weighted by atomic mass is 10.1. The molecule has 17 heavy (non-hydrogen) atoms. The van der Waals surface area contributed by atoms with E-state index in [2.05, 4.69) is 27.9 Å². The molecule has 0 aliphatic heterocycles. The van der Waals surface area contributed by atoms with Gasteiger partial charge in [0.1, 0.15) is 6.04 Å². The Kier molecular flexibility index (Phi) is 5.36. The van der Waals surface area contributed by atoms with Crippen LogP contribution in [0.1, 0.15) is 16.8 Å². The minimum Gasteiger partial charge on any atom is -0.480 e. The summed E-state index contributed by atoms with van der Waals surface area (Å²) in [6, 6.07) is 5.76. The zero-order valence-corrected chi connectivity index (χ0v) is 11.0. The van der Waals surface area contributed by atoms with E-state index in [1.165, 1.54) is 0 Å². The monoisotopic (exact) mass is 349 g/mol. The van der Waals surface area contributed by atoms with E-state index in [4.69, 9.17) is 10.2 Å². The quantitative estimate of drug-likeness (QED) is 0.688. The molecule has 0 aromatic heterocycles. The molecule has 3 N–H and O–H groups in total. The van der Waals surface area contributed by atoms with Gasteiger partial charge in [0.25, 0.3) is 5.91 Å². The maximum absolute atomic E-state index is 11.7. The van der Waals surface area contributed by atoms with Crippen molar-refractivity contribution in [1.82, 2.24) is 5.32 Å². The smallest absolute Gasteiger partial charge is 0.326 e. The summed E-state index contributed by atoms with van der Waals surface area (Å²) in [5.41, 5.74) is 0.404. The molecule has 92 valence electrons. The molecule has 5 nitrogen and oxygen atoms in total. The van der Waals surface area contributed by atoms with Crippen molar-refractivity contribution < 1.29 is 19.8 Å². The molecule has 0 aliphatic carbocycles. The van der Waals surface area contributed by atoms with Gasteiger partial charge in [-0.05, 0) is 40.8 Å². The fourth-order valence-corrected chi connectivity index (χ4v) is 1.80. The number of amides is 1. The van der Waals surface area contributed by atoms with Gasteiger partial charge in [0, 0.05) is 22.2 Å². The summed E-state index contributed by atoms with van der Waals surface area (Å²) in [5, 5.41) is 19.9. The molecule has 0 saturated heterocycles. The molecule has 0 fully saturated rings. The van der Waals surface area contributed by atoms with E-state index < -0.39 is 17.9 Å². The highest BCUT2D eigenvalue weighted by Crippen LogP contribution is 2.08. The Hall–Kier alpha value is -1.15.